The number of aryl methyl sites for hydroxylation is 1. The van der Waals surface area contributed by atoms with Crippen LogP contribution in [0.4, 0.5) is 5.82 Å². The quantitative estimate of drug-likeness (QED) is 0.682. The number of rotatable bonds is 5. The highest BCUT2D eigenvalue weighted by Crippen LogP contribution is 2.43. The van der Waals surface area contributed by atoms with Crippen molar-refractivity contribution in [2.45, 2.75) is 25.4 Å². The fourth-order valence-electron chi connectivity index (χ4n) is 4.18. The molecule has 3 aromatic heterocycles. The van der Waals surface area contributed by atoms with Crippen molar-refractivity contribution in [3.63, 3.8) is 0 Å². The maximum absolute atomic E-state index is 6.19. The Morgan fingerprint density at radius 1 is 1.30 bits per heavy atom. The largest absolute Gasteiger partial charge is 0.478 e. The molecule has 5 rings (SSSR count). The van der Waals surface area contributed by atoms with E-state index in [9.17, 15) is 0 Å². The van der Waals surface area contributed by atoms with E-state index in [0.717, 1.165) is 44.0 Å². The zero-order valence-corrected chi connectivity index (χ0v) is 15.3. The van der Waals surface area contributed by atoms with Gasteiger partial charge in [-0.3, -0.25) is 0 Å². The van der Waals surface area contributed by atoms with E-state index in [1.165, 1.54) is 0 Å². The highest BCUT2D eigenvalue weighted by Gasteiger charge is 2.53. The van der Waals surface area contributed by atoms with Crippen LogP contribution in [-0.4, -0.2) is 56.5 Å². The lowest BCUT2D eigenvalue weighted by molar-refractivity contribution is -0.0480. The van der Waals surface area contributed by atoms with Crippen LogP contribution in [0.5, 0.6) is 5.88 Å². The van der Waals surface area contributed by atoms with Crippen molar-refractivity contribution in [3.05, 3.63) is 42.5 Å². The number of fused-ring (bicyclic) bond motifs is 1. The molecule has 1 spiro atoms. The normalized spacial score (nSPS) is 20.9. The average molecular weight is 366 g/mol. The van der Waals surface area contributed by atoms with Gasteiger partial charge in [0.05, 0.1) is 19.7 Å². The molecule has 2 fully saturated rings. The van der Waals surface area contributed by atoms with Crippen LogP contribution < -0.4 is 9.64 Å². The van der Waals surface area contributed by atoms with Crippen LogP contribution in [-0.2, 0) is 4.74 Å². The second-order valence-corrected chi connectivity index (χ2v) is 7.29. The Balaban J connectivity index is 1.25. The molecule has 1 atom stereocenters. The summed E-state index contributed by atoms with van der Waals surface area (Å²) in [5.41, 5.74) is 0.858. The number of nitrogens with zero attached hydrogens (tertiary/aromatic N) is 6. The molecule has 8 heteroatoms. The standard InChI is InChI=1S/C19H22N6O2/c1-14-10-17(25-18(23-14)21-13-22-25)24-11-19(12-24)15(6-9-27-19)5-8-26-16-4-2-3-7-20-16/h2-4,7,10,13,15H,5-6,8-9,11-12H2,1H3/t15-/m0/s1. The fourth-order valence-corrected chi connectivity index (χ4v) is 4.18. The van der Waals surface area contributed by atoms with E-state index in [1.54, 1.807) is 17.0 Å². The van der Waals surface area contributed by atoms with Crippen LogP contribution >= 0.6 is 0 Å². The summed E-state index contributed by atoms with van der Waals surface area (Å²) in [4.78, 5) is 15.1. The van der Waals surface area contributed by atoms with Gasteiger partial charge in [-0.1, -0.05) is 6.07 Å². The van der Waals surface area contributed by atoms with E-state index >= 15 is 0 Å². The summed E-state index contributed by atoms with van der Waals surface area (Å²) in [6.45, 7) is 5.18. The van der Waals surface area contributed by atoms with Crippen LogP contribution in [0, 0.1) is 12.8 Å². The zero-order valence-electron chi connectivity index (χ0n) is 15.3. The van der Waals surface area contributed by atoms with Gasteiger partial charge in [-0.25, -0.2) is 9.97 Å². The van der Waals surface area contributed by atoms with Crippen LogP contribution in [0.15, 0.2) is 36.8 Å². The Hall–Kier alpha value is -2.74. The fraction of sp³-hybridized carbons (Fsp3) is 0.474. The highest BCUT2D eigenvalue weighted by atomic mass is 16.5. The van der Waals surface area contributed by atoms with Crippen LogP contribution in [0.1, 0.15) is 18.5 Å². The number of pyridine rings is 1. The topological polar surface area (TPSA) is 77.7 Å². The number of hydrogen-bond acceptors (Lipinski definition) is 7. The molecule has 2 aliphatic heterocycles. The lowest BCUT2D eigenvalue weighted by atomic mass is 9.79. The molecular formula is C19H22N6O2. The first-order chi connectivity index (χ1) is 13.2. The smallest absolute Gasteiger partial charge is 0.254 e. The molecule has 140 valence electrons. The maximum Gasteiger partial charge on any atom is 0.254 e. The summed E-state index contributed by atoms with van der Waals surface area (Å²) >= 11 is 0. The third-order valence-electron chi connectivity index (χ3n) is 5.56. The molecule has 0 amide bonds. The van der Waals surface area contributed by atoms with E-state index in [-0.39, 0.29) is 5.60 Å². The first kappa shape index (κ1) is 16.4. The van der Waals surface area contributed by atoms with E-state index in [1.807, 2.05) is 25.1 Å². The number of hydrogen-bond donors (Lipinski definition) is 0. The van der Waals surface area contributed by atoms with Crippen molar-refractivity contribution in [2.75, 3.05) is 31.2 Å². The summed E-state index contributed by atoms with van der Waals surface area (Å²) < 4.78 is 13.8. The Bertz CT molecular complexity index is 938. The highest BCUT2D eigenvalue weighted by molar-refractivity contribution is 5.51. The molecule has 0 saturated carbocycles. The van der Waals surface area contributed by atoms with Gasteiger partial charge < -0.3 is 14.4 Å². The van der Waals surface area contributed by atoms with Crippen molar-refractivity contribution in [2.24, 2.45) is 5.92 Å². The van der Waals surface area contributed by atoms with E-state index in [2.05, 4.69) is 31.0 Å². The molecule has 8 nitrogen and oxygen atoms in total. The van der Waals surface area contributed by atoms with E-state index in [0.29, 0.717) is 24.2 Å². The minimum absolute atomic E-state index is 0.0858. The maximum atomic E-state index is 6.19. The Morgan fingerprint density at radius 2 is 2.22 bits per heavy atom. The summed E-state index contributed by atoms with van der Waals surface area (Å²) in [6.07, 6.45) is 5.34. The van der Waals surface area contributed by atoms with Crippen molar-refractivity contribution in [3.8, 4) is 5.88 Å². The number of ether oxygens (including phenoxy) is 2. The first-order valence-electron chi connectivity index (χ1n) is 9.34. The van der Waals surface area contributed by atoms with Gasteiger partial charge in [-0.15, -0.1) is 0 Å². The second kappa shape index (κ2) is 6.45. The molecule has 0 N–H and O–H groups in total. The predicted octanol–water partition coefficient (Wildman–Crippen LogP) is 1.89. The van der Waals surface area contributed by atoms with E-state index in [4.69, 9.17) is 9.47 Å². The lowest BCUT2D eigenvalue weighted by Crippen LogP contribution is -2.65. The monoisotopic (exact) mass is 366 g/mol. The second-order valence-electron chi connectivity index (χ2n) is 7.29. The zero-order chi connectivity index (χ0) is 18.3. The Kier molecular flexibility index (Phi) is 3.93. The number of aromatic nitrogens is 5. The molecular weight excluding hydrogens is 344 g/mol. The predicted molar refractivity (Wildman–Crippen MR) is 98.9 cm³/mol. The third kappa shape index (κ3) is 2.90. The molecule has 0 bridgehead atoms. The minimum Gasteiger partial charge on any atom is -0.478 e. The molecule has 0 aliphatic carbocycles. The summed E-state index contributed by atoms with van der Waals surface area (Å²) in [5, 5.41) is 4.31. The van der Waals surface area contributed by atoms with Crippen molar-refractivity contribution >= 4 is 11.6 Å². The Labute approximate surface area is 157 Å². The average Bonchev–Trinajstić information content (AvgIpc) is 3.27. The van der Waals surface area contributed by atoms with Gasteiger partial charge in [0, 0.05) is 30.6 Å². The lowest BCUT2D eigenvalue weighted by Gasteiger charge is -2.51. The van der Waals surface area contributed by atoms with Crippen LogP contribution in [0.25, 0.3) is 5.78 Å². The molecule has 27 heavy (non-hydrogen) atoms. The van der Waals surface area contributed by atoms with Crippen molar-refractivity contribution < 1.29 is 9.47 Å². The SMILES string of the molecule is Cc1cc(N2CC3(C2)OCC[C@@H]3CCOc2ccccn2)n2ncnc2n1. The molecule has 5 heterocycles. The van der Waals surface area contributed by atoms with Gasteiger partial charge in [0.15, 0.2) is 0 Å². The van der Waals surface area contributed by atoms with Crippen molar-refractivity contribution in [1.82, 2.24) is 24.6 Å². The molecule has 0 unspecified atom stereocenters. The molecule has 2 aliphatic rings. The third-order valence-corrected chi connectivity index (χ3v) is 5.56. The number of anilines is 1. The van der Waals surface area contributed by atoms with Gasteiger partial charge in [-0.05, 0) is 31.7 Å². The van der Waals surface area contributed by atoms with Crippen molar-refractivity contribution in [1.29, 1.82) is 0 Å². The van der Waals surface area contributed by atoms with Gasteiger partial charge in [0.1, 0.15) is 17.7 Å². The van der Waals surface area contributed by atoms with Gasteiger partial charge >= 0.3 is 0 Å². The minimum atomic E-state index is -0.0858. The van der Waals surface area contributed by atoms with Gasteiger partial charge in [0.2, 0.25) is 5.88 Å². The molecule has 0 aromatic carbocycles. The molecule has 3 aromatic rings. The molecule has 0 radical (unpaired) electrons. The summed E-state index contributed by atoms with van der Waals surface area (Å²) in [6, 6.07) is 7.78. The van der Waals surface area contributed by atoms with Crippen LogP contribution in [0.2, 0.25) is 0 Å². The van der Waals surface area contributed by atoms with Gasteiger partial charge in [-0.2, -0.15) is 14.6 Å². The van der Waals surface area contributed by atoms with Gasteiger partial charge in [0.25, 0.3) is 5.78 Å². The van der Waals surface area contributed by atoms with E-state index < -0.39 is 0 Å². The van der Waals surface area contributed by atoms with Crippen LogP contribution in [0.3, 0.4) is 0 Å². The molecule has 2 saturated heterocycles. The Morgan fingerprint density at radius 3 is 3.07 bits per heavy atom. The summed E-state index contributed by atoms with van der Waals surface area (Å²) in [5.74, 6) is 2.84. The first-order valence-corrected chi connectivity index (χ1v) is 9.34. The summed E-state index contributed by atoms with van der Waals surface area (Å²) in [7, 11) is 0.